The van der Waals surface area contributed by atoms with Gasteiger partial charge in [-0.05, 0) is 65.7 Å². The molecule has 177 valence electrons. The Balaban J connectivity index is 0.00000137. The van der Waals surface area contributed by atoms with Crippen LogP contribution in [0.4, 0.5) is 4.39 Å². The molecule has 2 aromatic rings. The Morgan fingerprint density at radius 2 is 1.85 bits per heavy atom. The molecule has 1 heterocycles. The summed E-state index contributed by atoms with van der Waals surface area (Å²) in [5.41, 5.74) is 11.0. The van der Waals surface area contributed by atoms with Crippen LogP contribution in [0.1, 0.15) is 67.2 Å². The summed E-state index contributed by atoms with van der Waals surface area (Å²) in [7, 11) is 0. The van der Waals surface area contributed by atoms with Gasteiger partial charge in [-0.1, -0.05) is 55.2 Å². The van der Waals surface area contributed by atoms with Crippen molar-refractivity contribution in [2.24, 2.45) is 11.3 Å². The van der Waals surface area contributed by atoms with Crippen molar-refractivity contribution in [1.29, 1.82) is 0 Å². The van der Waals surface area contributed by atoms with Crippen LogP contribution in [0.2, 0.25) is 0 Å². The fraction of sp³-hybridized carbons (Fsp3) is 0.467. The van der Waals surface area contributed by atoms with Gasteiger partial charge < -0.3 is 5.48 Å². The van der Waals surface area contributed by atoms with Crippen molar-refractivity contribution in [2.45, 2.75) is 51.4 Å². The molecule has 3 fully saturated rings. The molecule has 1 radical (unpaired) electrons. The average molecular weight is 534 g/mol. The van der Waals surface area contributed by atoms with E-state index in [-0.39, 0.29) is 44.9 Å². The van der Waals surface area contributed by atoms with E-state index in [9.17, 15) is 4.39 Å². The number of benzene rings is 2. The van der Waals surface area contributed by atoms with Gasteiger partial charge in [-0.15, -0.1) is 11.1 Å². The van der Waals surface area contributed by atoms with E-state index in [1.54, 1.807) is 5.57 Å². The SMILES string of the molecule is FCCCN1CC(=Cc2ccc(C3=C(C4CC45CCC5)CCCc4c[c-]ccc43)cc2)C1.O.[Y]. The summed E-state index contributed by atoms with van der Waals surface area (Å²) in [5, 5.41) is 0. The zero-order valence-corrected chi connectivity index (χ0v) is 22.9. The number of hydrogen-bond acceptors (Lipinski definition) is 1. The molecule has 4 heteroatoms. The summed E-state index contributed by atoms with van der Waals surface area (Å²) >= 11 is 0. The maximum Gasteiger partial charge on any atom is 0.0906 e. The maximum absolute atomic E-state index is 12.4. The van der Waals surface area contributed by atoms with E-state index in [0.29, 0.717) is 11.8 Å². The van der Waals surface area contributed by atoms with Crippen LogP contribution < -0.4 is 0 Å². The summed E-state index contributed by atoms with van der Waals surface area (Å²) in [6, 6.07) is 19.2. The Morgan fingerprint density at radius 1 is 1.06 bits per heavy atom. The van der Waals surface area contributed by atoms with Crippen LogP contribution in [0.25, 0.3) is 11.6 Å². The first-order valence-electron chi connectivity index (χ1n) is 12.6. The predicted octanol–water partition coefficient (Wildman–Crippen LogP) is 6.05. The van der Waals surface area contributed by atoms with Gasteiger partial charge >= 0.3 is 0 Å². The Morgan fingerprint density at radius 3 is 2.53 bits per heavy atom. The van der Waals surface area contributed by atoms with Crippen molar-refractivity contribution >= 4 is 11.6 Å². The number of likely N-dealkylation sites (tertiary alicyclic amines) is 1. The molecule has 1 saturated heterocycles. The zero-order chi connectivity index (χ0) is 21.5. The van der Waals surface area contributed by atoms with Crippen molar-refractivity contribution in [1.82, 2.24) is 4.90 Å². The van der Waals surface area contributed by atoms with Gasteiger partial charge in [0.15, 0.2) is 0 Å². The van der Waals surface area contributed by atoms with Gasteiger partial charge in [0.1, 0.15) is 0 Å². The van der Waals surface area contributed by atoms with Crippen molar-refractivity contribution in [3.63, 3.8) is 0 Å². The van der Waals surface area contributed by atoms with Gasteiger partial charge in [0.25, 0.3) is 0 Å². The van der Waals surface area contributed by atoms with Gasteiger partial charge in [0, 0.05) is 52.3 Å². The van der Waals surface area contributed by atoms with E-state index in [1.807, 2.05) is 0 Å². The standard InChI is InChI=1S/C30H33FN.H2O.Y/c31-16-5-17-32-20-23(21-32)18-22-10-12-25(13-11-22)29-26-8-2-1-6-24(26)7-3-9-27(29)28-19-30(28)14-4-15-30;;/h2,6,8,10-13,18,28H,3-5,7,9,14-17,19-21H2;1H2;/q-1;;. The third kappa shape index (κ3) is 4.91. The number of alkyl halides is 1. The first-order valence-corrected chi connectivity index (χ1v) is 12.6. The van der Waals surface area contributed by atoms with Crippen molar-refractivity contribution in [2.75, 3.05) is 26.3 Å². The second kappa shape index (κ2) is 10.9. The van der Waals surface area contributed by atoms with Crippen LogP contribution in [-0.2, 0) is 39.1 Å². The fourth-order valence-electron chi connectivity index (χ4n) is 6.44. The molecule has 0 amide bonds. The van der Waals surface area contributed by atoms with Crippen molar-refractivity contribution in [3.05, 3.63) is 81.9 Å². The minimum atomic E-state index is -0.210. The number of rotatable bonds is 6. The first kappa shape index (κ1) is 26.0. The van der Waals surface area contributed by atoms with Crippen LogP contribution in [0.3, 0.4) is 0 Å². The Labute approximate surface area is 228 Å². The number of aryl methyl sites for hydroxylation is 1. The second-order valence-electron chi connectivity index (χ2n) is 10.5. The summed E-state index contributed by atoms with van der Waals surface area (Å²) in [6.45, 7) is 2.65. The Bertz CT molecular complexity index is 1060. The van der Waals surface area contributed by atoms with E-state index < -0.39 is 0 Å². The normalized spacial score (nSPS) is 22.5. The van der Waals surface area contributed by atoms with E-state index >= 15 is 0 Å². The molecule has 34 heavy (non-hydrogen) atoms. The topological polar surface area (TPSA) is 34.7 Å². The molecule has 1 aliphatic heterocycles. The van der Waals surface area contributed by atoms with Gasteiger partial charge in [0.2, 0.25) is 0 Å². The molecule has 2 nitrogen and oxygen atoms in total. The minimum Gasteiger partial charge on any atom is -0.412 e. The first-order chi connectivity index (χ1) is 15.8. The minimum absolute atomic E-state index is 0. The third-order valence-electron chi connectivity index (χ3n) is 8.42. The fourth-order valence-corrected chi connectivity index (χ4v) is 6.44. The van der Waals surface area contributed by atoms with Crippen LogP contribution in [-0.4, -0.2) is 36.7 Å². The van der Waals surface area contributed by atoms with E-state index in [2.05, 4.69) is 59.5 Å². The van der Waals surface area contributed by atoms with Crippen molar-refractivity contribution in [3.8, 4) is 0 Å². The van der Waals surface area contributed by atoms with Crippen LogP contribution in [0, 0.1) is 17.4 Å². The number of hydrogen-bond donors (Lipinski definition) is 0. The average Bonchev–Trinajstić information content (AvgIpc) is 3.54. The smallest absolute Gasteiger partial charge is 0.0906 e. The number of fused-ring (bicyclic) bond motifs is 1. The van der Waals surface area contributed by atoms with E-state index in [4.69, 9.17) is 0 Å². The maximum atomic E-state index is 12.4. The van der Waals surface area contributed by atoms with Gasteiger partial charge in [0.05, 0.1) is 6.67 Å². The third-order valence-corrected chi connectivity index (χ3v) is 8.42. The van der Waals surface area contributed by atoms with E-state index in [1.165, 1.54) is 78.3 Å². The van der Waals surface area contributed by atoms with Gasteiger partial charge in [-0.2, -0.15) is 24.3 Å². The van der Waals surface area contributed by atoms with Gasteiger partial charge in [-0.3, -0.25) is 9.29 Å². The Kier molecular flexibility index (Phi) is 8.30. The molecular formula is C30H35FNOY-. The molecule has 1 unspecified atom stereocenters. The number of nitrogens with zero attached hydrogens (tertiary/aromatic N) is 1. The quantitative estimate of drug-likeness (QED) is 0.417. The molecule has 4 aliphatic rings. The summed E-state index contributed by atoms with van der Waals surface area (Å²) in [5.74, 6) is 0.813. The summed E-state index contributed by atoms with van der Waals surface area (Å²) in [4.78, 5) is 2.32. The molecule has 2 saturated carbocycles. The molecule has 1 spiro atoms. The predicted molar refractivity (Wildman–Crippen MR) is 134 cm³/mol. The Hall–Kier alpha value is -1.13. The molecule has 1 atom stereocenters. The largest absolute Gasteiger partial charge is 0.412 e. The van der Waals surface area contributed by atoms with E-state index in [0.717, 1.165) is 25.6 Å². The molecule has 0 bridgehead atoms. The number of halogens is 1. The molecule has 6 rings (SSSR count). The second-order valence-corrected chi connectivity index (χ2v) is 10.5. The molecule has 2 aromatic carbocycles. The van der Waals surface area contributed by atoms with Crippen LogP contribution >= 0.6 is 0 Å². The zero-order valence-electron chi connectivity index (χ0n) is 20.1. The molecule has 0 aromatic heterocycles. The molecular weight excluding hydrogens is 498 g/mol. The van der Waals surface area contributed by atoms with Crippen molar-refractivity contribution < 1.29 is 42.6 Å². The van der Waals surface area contributed by atoms with Gasteiger partial charge in [-0.25, -0.2) is 0 Å². The summed E-state index contributed by atoms with van der Waals surface area (Å²) in [6.07, 6.45) is 12.4. The monoisotopic (exact) mass is 533 g/mol. The van der Waals surface area contributed by atoms with Crippen LogP contribution in [0.5, 0.6) is 0 Å². The molecule has 3 aliphatic carbocycles. The summed E-state index contributed by atoms with van der Waals surface area (Å²) < 4.78 is 12.4. The number of allylic oxidation sites excluding steroid dienone is 1. The van der Waals surface area contributed by atoms with Crippen LogP contribution in [0.15, 0.2) is 53.6 Å². The molecule has 2 N–H and O–H groups in total.